The normalized spacial score (nSPS) is 47.5. The van der Waals surface area contributed by atoms with Gasteiger partial charge in [0.1, 0.15) is 11.4 Å². The molecule has 0 unspecified atom stereocenters. The first-order chi connectivity index (χ1) is 12.6. The molecule has 26 heavy (non-hydrogen) atoms. The van der Waals surface area contributed by atoms with Crippen molar-refractivity contribution < 1.29 is 4.74 Å². The second-order valence-electron chi connectivity index (χ2n) is 10.5. The van der Waals surface area contributed by atoms with Crippen molar-refractivity contribution >= 4 is 0 Å². The van der Waals surface area contributed by atoms with E-state index in [0.717, 1.165) is 23.5 Å². The molecule has 0 radical (unpaired) electrons. The minimum atomic E-state index is 0.0860. The van der Waals surface area contributed by atoms with Gasteiger partial charge >= 0.3 is 0 Å². The molecule has 0 bridgehead atoms. The highest BCUT2D eigenvalue weighted by atomic mass is 16.5. The van der Waals surface area contributed by atoms with Gasteiger partial charge in [-0.3, -0.25) is 0 Å². The lowest BCUT2D eigenvalue weighted by molar-refractivity contribution is -0.184. The van der Waals surface area contributed by atoms with Crippen LogP contribution in [0.25, 0.3) is 0 Å². The molecule has 0 heterocycles. The van der Waals surface area contributed by atoms with Crippen LogP contribution < -0.4 is 4.74 Å². The van der Waals surface area contributed by atoms with E-state index in [9.17, 15) is 0 Å². The third-order valence-electron chi connectivity index (χ3n) is 9.56. The summed E-state index contributed by atoms with van der Waals surface area (Å²) >= 11 is 0. The van der Waals surface area contributed by atoms with E-state index in [-0.39, 0.29) is 5.60 Å². The van der Waals surface area contributed by atoms with Gasteiger partial charge in [-0.2, -0.15) is 0 Å². The van der Waals surface area contributed by atoms with E-state index < -0.39 is 0 Å². The average Bonchev–Trinajstić information content (AvgIpc) is 2.99. The van der Waals surface area contributed by atoms with Crippen molar-refractivity contribution in [1.29, 1.82) is 0 Å². The predicted octanol–water partition coefficient (Wildman–Crippen LogP) is 7.01. The van der Waals surface area contributed by atoms with E-state index >= 15 is 0 Å². The molecule has 142 valence electrons. The Labute approximate surface area is 159 Å². The summed E-state index contributed by atoms with van der Waals surface area (Å²) in [5.74, 6) is 3.74. The molecule has 0 spiro atoms. The summed E-state index contributed by atoms with van der Waals surface area (Å²) in [5.41, 5.74) is 1.04. The summed E-state index contributed by atoms with van der Waals surface area (Å²) in [5, 5.41) is 0. The van der Waals surface area contributed by atoms with Gasteiger partial charge in [-0.1, -0.05) is 44.9 Å². The highest BCUT2D eigenvalue weighted by Crippen LogP contribution is 2.68. The van der Waals surface area contributed by atoms with Crippen molar-refractivity contribution in [2.24, 2.45) is 28.6 Å². The first-order valence-electron chi connectivity index (χ1n) is 11.3. The van der Waals surface area contributed by atoms with Gasteiger partial charge in [0.25, 0.3) is 0 Å². The molecule has 0 aliphatic heterocycles. The summed E-state index contributed by atoms with van der Waals surface area (Å²) in [6, 6.07) is 10.8. The zero-order valence-electron chi connectivity index (χ0n) is 16.8. The first kappa shape index (κ1) is 17.1. The minimum Gasteiger partial charge on any atom is -0.486 e. The lowest BCUT2D eigenvalue weighted by Gasteiger charge is -2.63. The standard InChI is InChI=1S/C25H36O/c1-23-15-8-17-25(23,26-20-10-4-3-5-11-20)22-13-12-19-9-6-7-16-24(19,2)21(22)14-18-23/h3-5,10-11,19,21-22H,6-9,12-18H2,1-2H3/t19-,21+,22-,23+,24+,25-/m1/s1. The molecule has 4 saturated carbocycles. The summed E-state index contributed by atoms with van der Waals surface area (Å²) in [6.45, 7) is 5.23. The van der Waals surface area contributed by atoms with Crippen molar-refractivity contribution in [1.82, 2.24) is 0 Å². The molecule has 4 aliphatic rings. The number of para-hydroxylation sites is 1. The third kappa shape index (κ3) is 2.28. The van der Waals surface area contributed by atoms with Gasteiger partial charge in [0.2, 0.25) is 0 Å². The van der Waals surface area contributed by atoms with Gasteiger partial charge in [0, 0.05) is 11.3 Å². The zero-order chi connectivity index (χ0) is 17.8. The Kier molecular flexibility index (Phi) is 3.96. The molecular formula is C25H36O. The predicted molar refractivity (Wildman–Crippen MR) is 107 cm³/mol. The van der Waals surface area contributed by atoms with Gasteiger partial charge < -0.3 is 4.74 Å². The summed E-state index contributed by atoms with van der Waals surface area (Å²) in [6.07, 6.45) is 15.6. The van der Waals surface area contributed by atoms with E-state index in [0.29, 0.717) is 10.8 Å². The molecule has 0 N–H and O–H groups in total. The zero-order valence-corrected chi connectivity index (χ0v) is 16.8. The molecule has 0 amide bonds. The van der Waals surface area contributed by atoms with E-state index in [4.69, 9.17) is 4.74 Å². The Morgan fingerprint density at radius 3 is 2.46 bits per heavy atom. The molecule has 0 aromatic heterocycles. The second-order valence-corrected chi connectivity index (χ2v) is 10.5. The molecule has 1 aromatic rings. The minimum absolute atomic E-state index is 0.0860. The maximum atomic E-state index is 7.06. The van der Waals surface area contributed by atoms with Crippen molar-refractivity contribution in [3.8, 4) is 5.75 Å². The van der Waals surface area contributed by atoms with Gasteiger partial charge in [0.15, 0.2) is 0 Å². The van der Waals surface area contributed by atoms with Gasteiger partial charge in [-0.05, 0) is 87.2 Å². The van der Waals surface area contributed by atoms with Crippen molar-refractivity contribution in [3.63, 3.8) is 0 Å². The van der Waals surface area contributed by atoms with Crippen LogP contribution in [0.4, 0.5) is 0 Å². The first-order valence-corrected chi connectivity index (χ1v) is 11.3. The van der Waals surface area contributed by atoms with Crippen LogP contribution in [-0.2, 0) is 0 Å². The monoisotopic (exact) mass is 352 g/mol. The summed E-state index contributed by atoms with van der Waals surface area (Å²) < 4.78 is 7.06. The van der Waals surface area contributed by atoms with E-state index in [2.05, 4.69) is 44.2 Å². The smallest absolute Gasteiger partial charge is 0.120 e. The van der Waals surface area contributed by atoms with Crippen LogP contribution in [-0.4, -0.2) is 5.60 Å². The van der Waals surface area contributed by atoms with Crippen LogP contribution in [0.3, 0.4) is 0 Å². The number of benzene rings is 1. The van der Waals surface area contributed by atoms with Crippen LogP contribution in [0.15, 0.2) is 30.3 Å². The highest BCUT2D eigenvalue weighted by Gasteiger charge is 2.66. The lowest BCUT2D eigenvalue weighted by Crippen LogP contribution is -2.63. The highest BCUT2D eigenvalue weighted by molar-refractivity contribution is 5.25. The van der Waals surface area contributed by atoms with Crippen LogP contribution >= 0.6 is 0 Å². The van der Waals surface area contributed by atoms with Crippen LogP contribution in [0, 0.1) is 28.6 Å². The molecule has 1 nitrogen and oxygen atoms in total. The third-order valence-corrected chi connectivity index (χ3v) is 9.56. The molecule has 1 heteroatoms. The van der Waals surface area contributed by atoms with Gasteiger partial charge in [0.05, 0.1) is 0 Å². The second kappa shape index (κ2) is 6.01. The van der Waals surface area contributed by atoms with Crippen molar-refractivity contribution in [3.05, 3.63) is 30.3 Å². The SMILES string of the molecule is C[C@]12CCCC[C@@H]1CC[C@@H]1[C@@H]2CC[C@]2(C)CCC[C@@]12Oc1ccccc1. The van der Waals surface area contributed by atoms with Crippen molar-refractivity contribution in [2.75, 3.05) is 0 Å². The Hall–Kier alpha value is -0.980. The fourth-order valence-electron chi connectivity index (χ4n) is 8.17. The number of hydrogen-bond acceptors (Lipinski definition) is 1. The molecule has 0 saturated heterocycles. The van der Waals surface area contributed by atoms with E-state index in [1.165, 1.54) is 70.6 Å². The molecule has 6 atom stereocenters. The summed E-state index contributed by atoms with van der Waals surface area (Å²) in [7, 11) is 0. The Bertz CT molecular complexity index is 653. The maximum Gasteiger partial charge on any atom is 0.120 e. The van der Waals surface area contributed by atoms with Crippen molar-refractivity contribution in [2.45, 2.75) is 90.1 Å². The maximum absolute atomic E-state index is 7.06. The van der Waals surface area contributed by atoms with E-state index in [1.54, 1.807) is 0 Å². The molecule has 4 fully saturated rings. The summed E-state index contributed by atoms with van der Waals surface area (Å²) in [4.78, 5) is 0. The van der Waals surface area contributed by atoms with Crippen LogP contribution in [0.1, 0.15) is 84.5 Å². The van der Waals surface area contributed by atoms with Crippen LogP contribution in [0.5, 0.6) is 5.75 Å². The van der Waals surface area contributed by atoms with Gasteiger partial charge in [-0.15, -0.1) is 0 Å². The number of fused-ring (bicyclic) bond motifs is 5. The largest absolute Gasteiger partial charge is 0.486 e. The number of hydrogen-bond donors (Lipinski definition) is 0. The fourth-order valence-corrected chi connectivity index (χ4v) is 8.17. The number of rotatable bonds is 2. The number of ether oxygens (including phenoxy) is 1. The van der Waals surface area contributed by atoms with Gasteiger partial charge in [-0.25, -0.2) is 0 Å². The Balaban J connectivity index is 1.54. The Morgan fingerprint density at radius 1 is 0.769 bits per heavy atom. The molecule has 4 aliphatic carbocycles. The quantitative estimate of drug-likeness (QED) is 0.556. The van der Waals surface area contributed by atoms with E-state index in [1.807, 2.05) is 0 Å². The molecule has 5 rings (SSSR count). The topological polar surface area (TPSA) is 9.23 Å². The lowest BCUT2D eigenvalue weighted by atomic mass is 9.44. The van der Waals surface area contributed by atoms with Crippen LogP contribution in [0.2, 0.25) is 0 Å². The average molecular weight is 353 g/mol. The fraction of sp³-hybridized carbons (Fsp3) is 0.760. The molecule has 1 aromatic carbocycles. The molecular weight excluding hydrogens is 316 g/mol. The Morgan fingerprint density at radius 2 is 1.62 bits per heavy atom.